The Morgan fingerprint density at radius 2 is 1.94 bits per heavy atom. The minimum absolute atomic E-state index is 0.102. The summed E-state index contributed by atoms with van der Waals surface area (Å²) in [6, 6.07) is 10.2. The topological polar surface area (TPSA) is 43.1 Å². The molecule has 1 aromatic rings. The SMILES string of the molecule is O=[N+]([O-])CC1(SCc2ccccc2)CCSCC1. The van der Waals surface area contributed by atoms with Gasteiger partial charge in [-0.1, -0.05) is 30.3 Å². The average molecular weight is 283 g/mol. The van der Waals surface area contributed by atoms with Gasteiger partial charge in [0.15, 0.2) is 0 Å². The Morgan fingerprint density at radius 1 is 1.28 bits per heavy atom. The van der Waals surface area contributed by atoms with Crippen LogP contribution in [0.4, 0.5) is 0 Å². The van der Waals surface area contributed by atoms with Gasteiger partial charge in [0.2, 0.25) is 6.54 Å². The highest BCUT2D eigenvalue weighted by molar-refractivity contribution is 8.01. The number of nitro groups is 1. The van der Waals surface area contributed by atoms with Crippen LogP contribution in [0.25, 0.3) is 0 Å². The molecule has 2 rings (SSSR count). The highest BCUT2D eigenvalue weighted by Crippen LogP contribution is 2.40. The van der Waals surface area contributed by atoms with Crippen molar-refractivity contribution in [2.24, 2.45) is 0 Å². The van der Waals surface area contributed by atoms with Crippen LogP contribution in [0.15, 0.2) is 30.3 Å². The van der Waals surface area contributed by atoms with Crippen molar-refractivity contribution in [3.05, 3.63) is 46.0 Å². The molecule has 0 unspecified atom stereocenters. The number of rotatable bonds is 5. The van der Waals surface area contributed by atoms with Gasteiger partial charge in [-0.2, -0.15) is 11.8 Å². The van der Waals surface area contributed by atoms with Crippen molar-refractivity contribution in [1.82, 2.24) is 0 Å². The van der Waals surface area contributed by atoms with E-state index in [0.29, 0.717) is 0 Å². The highest BCUT2D eigenvalue weighted by atomic mass is 32.2. The molecule has 0 aliphatic carbocycles. The van der Waals surface area contributed by atoms with Crippen LogP contribution in [0.2, 0.25) is 0 Å². The molecule has 3 nitrogen and oxygen atoms in total. The molecule has 1 aliphatic rings. The van der Waals surface area contributed by atoms with E-state index >= 15 is 0 Å². The fourth-order valence-electron chi connectivity index (χ4n) is 2.14. The zero-order valence-electron chi connectivity index (χ0n) is 10.2. The van der Waals surface area contributed by atoms with Crippen molar-refractivity contribution in [3.63, 3.8) is 0 Å². The molecule has 1 fully saturated rings. The van der Waals surface area contributed by atoms with Gasteiger partial charge in [-0.25, -0.2) is 0 Å². The molecule has 1 heterocycles. The van der Waals surface area contributed by atoms with Gasteiger partial charge in [0.25, 0.3) is 0 Å². The third-order valence-electron chi connectivity index (χ3n) is 3.21. The van der Waals surface area contributed by atoms with Crippen molar-refractivity contribution in [2.75, 3.05) is 18.1 Å². The van der Waals surface area contributed by atoms with Crippen LogP contribution in [0, 0.1) is 10.1 Å². The van der Waals surface area contributed by atoms with Gasteiger partial charge in [0.05, 0.1) is 4.75 Å². The summed E-state index contributed by atoms with van der Waals surface area (Å²) in [6.07, 6.45) is 1.91. The molecule has 1 aromatic carbocycles. The molecule has 0 amide bonds. The number of hydrogen-bond acceptors (Lipinski definition) is 4. The fourth-order valence-corrected chi connectivity index (χ4v) is 5.02. The summed E-state index contributed by atoms with van der Waals surface area (Å²) < 4.78 is -0.148. The van der Waals surface area contributed by atoms with Crippen LogP contribution in [-0.4, -0.2) is 27.7 Å². The Balaban J connectivity index is 1.99. The van der Waals surface area contributed by atoms with Crippen LogP contribution in [0.3, 0.4) is 0 Å². The zero-order valence-corrected chi connectivity index (χ0v) is 11.8. The summed E-state index contributed by atoms with van der Waals surface area (Å²) >= 11 is 3.68. The van der Waals surface area contributed by atoms with Crippen molar-refractivity contribution < 1.29 is 4.92 Å². The molecule has 1 saturated heterocycles. The van der Waals surface area contributed by atoms with E-state index in [1.54, 1.807) is 11.8 Å². The van der Waals surface area contributed by atoms with Crippen LogP contribution in [0.5, 0.6) is 0 Å². The monoisotopic (exact) mass is 283 g/mol. The molecular weight excluding hydrogens is 266 g/mol. The molecule has 5 heteroatoms. The number of thioether (sulfide) groups is 2. The second-order valence-corrected chi connectivity index (χ2v) is 7.23. The van der Waals surface area contributed by atoms with E-state index in [1.807, 2.05) is 30.0 Å². The Labute approximate surface area is 116 Å². The van der Waals surface area contributed by atoms with E-state index in [1.165, 1.54) is 5.56 Å². The van der Waals surface area contributed by atoms with Crippen LogP contribution in [0.1, 0.15) is 18.4 Å². The Kier molecular flexibility index (Phi) is 4.95. The Bertz CT molecular complexity index is 391. The van der Waals surface area contributed by atoms with E-state index in [2.05, 4.69) is 12.1 Å². The fraction of sp³-hybridized carbons (Fsp3) is 0.538. The number of nitrogens with zero attached hydrogens (tertiary/aromatic N) is 1. The lowest BCUT2D eigenvalue weighted by atomic mass is 10.0. The first-order chi connectivity index (χ1) is 8.70. The van der Waals surface area contributed by atoms with Gasteiger partial charge < -0.3 is 0 Å². The van der Waals surface area contributed by atoms with Gasteiger partial charge >= 0.3 is 0 Å². The molecular formula is C13H17NO2S2. The number of benzene rings is 1. The van der Waals surface area contributed by atoms with Crippen molar-refractivity contribution >= 4 is 23.5 Å². The van der Waals surface area contributed by atoms with Gasteiger partial charge in [-0.05, 0) is 29.9 Å². The van der Waals surface area contributed by atoms with Crippen molar-refractivity contribution in [2.45, 2.75) is 23.3 Å². The van der Waals surface area contributed by atoms with Gasteiger partial charge in [0, 0.05) is 10.7 Å². The minimum Gasteiger partial charge on any atom is -0.264 e. The quantitative estimate of drug-likeness (QED) is 0.613. The molecule has 1 aliphatic heterocycles. The van der Waals surface area contributed by atoms with E-state index in [-0.39, 0.29) is 16.2 Å². The summed E-state index contributed by atoms with van der Waals surface area (Å²) in [5.41, 5.74) is 1.25. The second kappa shape index (κ2) is 6.48. The van der Waals surface area contributed by atoms with E-state index in [9.17, 15) is 10.1 Å². The lowest BCUT2D eigenvalue weighted by molar-refractivity contribution is -0.485. The first kappa shape index (κ1) is 13.7. The first-order valence-electron chi connectivity index (χ1n) is 6.08. The molecule has 0 aromatic heterocycles. The summed E-state index contributed by atoms with van der Waals surface area (Å²) in [5, 5.41) is 10.9. The maximum absolute atomic E-state index is 10.9. The van der Waals surface area contributed by atoms with E-state index in [4.69, 9.17) is 0 Å². The molecule has 0 atom stereocenters. The predicted octanol–water partition coefficient (Wildman–Crippen LogP) is 3.46. The minimum atomic E-state index is -0.148. The summed E-state index contributed by atoms with van der Waals surface area (Å²) in [7, 11) is 0. The maximum atomic E-state index is 10.9. The maximum Gasteiger partial charge on any atom is 0.218 e. The molecule has 0 N–H and O–H groups in total. The predicted molar refractivity (Wildman–Crippen MR) is 78.9 cm³/mol. The standard InChI is InChI=1S/C13H17NO2S2/c15-14(16)11-13(6-8-17-9-7-13)18-10-12-4-2-1-3-5-12/h1-5H,6-11H2. The Hall–Kier alpha value is -0.680. The van der Waals surface area contributed by atoms with E-state index < -0.39 is 0 Å². The summed E-state index contributed by atoms with van der Waals surface area (Å²) in [5.74, 6) is 2.98. The van der Waals surface area contributed by atoms with Crippen LogP contribution < -0.4 is 0 Å². The molecule has 0 radical (unpaired) electrons. The molecule has 18 heavy (non-hydrogen) atoms. The number of hydrogen-bond donors (Lipinski definition) is 0. The summed E-state index contributed by atoms with van der Waals surface area (Å²) in [6.45, 7) is 0.102. The van der Waals surface area contributed by atoms with Gasteiger partial charge in [-0.15, -0.1) is 11.8 Å². The summed E-state index contributed by atoms with van der Waals surface area (Å²) in [4.78, 5) is 10.7. The van der Waals surface area contributed by atoms with Crippen LogP contribution in [-0.2, 0) is 5.75 Å². The molecule has 0 saturated carbocycles. The third-order valence-corrected chi connectivity index (χ3v) is 5.82. The lowest BCUT2D eigenvalue weighted by Gasteiger charge is -2.32. The molecule has 0 spiro atoms. The smallest absolute Gasteiger partial charge is 0.218 e. The molecule has 0 bridgehead atoms. The van der Waals surface area contributed by atoms with Gasteiger partial charge in [0.1, 0.15) is 0 Å². The molecule has 98 valence electrons. The van der Waals surface area contributed by atoms with Crippen molar-refractivity contribution in [1.29, 1.82) is 0 Å². The van der Waals surface area contributed by atoms with E-state index in [0.717, 1.165) is 30.1 Å². The average Bonchev–Trinajstić information content (AvgIpc) is 2.38. The van der Waals surface area contributed by atoms with Crippen LogP contribution >= 0.6 is 23.5 Å². The largest absolute Gasteiger partial charge is 0.264 e. The first-order valence-corrected chi connectivity index (χ1v) is 8.22. The lowest BCUT2D eigenvalue weighted by Crippen LogP contribution is -2.37. The normalized spacial score (nSPS) is 18.4. The van der Waals surface area contributed by atoms with Crippen molar-refractivity contribution in [3.8, 4) is 0 Å². The third kappa shape index (κ3) is 3.92. The zero-order chi connectivity index (χ0) is 12.8. The highest BCUT2D eigenvalue weighted by Gasteiger charge is 2.37. The Morgan fingerprint density at radius 3 is 2.56 bits per heavy atom. The van der Waals surface area contributed by atoms with Gasteiger partial charge in [-0.3, -0.25) is 10.1 Å². The second-order valence-electron chi connectivity index (χ2n) is 4.56.